The molecule has 0 radical (unpaired) electrons. The topological polar surface area (TPSA) is 64.9 Å². The van der Waals surface area contributed by atoms with Gasteiger partial charge in [-0.15, -0.1) is 24.5 Å². The highest BCUT2D eigenvalue weighted by molar-refractivity contribution is 7.18. The molecule has 0 fully saturated rings. The minimum Gasteiger partial charge on any atom is -0.406 e. The Hall–Kier alpha value is -3.92. The van der Waals surface area contributed by atoms with Gasteiger partial charge in [-0.3, -0.25) is 0 Å². The fourth-order valence-corrected chi connectivity index (χ4v) is 4.74. The summed E-state index contributed by atoms with van der Waals surface area (Å²) in [5.74, 6) is 1.10. The second kappa shape index (κ2) is 9.98. The van der Waals surface area contributed by atoms with Crippen LogP contribution in [0, 0.1) is 6.92 Å². The van der Waals surface area contributed by atoms with E-state index in [0.717, 1.165) is 46.5 Å². The van der Waals surface area contributed by atoms with E-state index in [1.807, 2.05) is 36.5 Å². The number of anilines is 1. The van der Waals surface area contributed by atoms with Gasteiger partial charge in [0.2, 0.25) is 0 Å². The van der Waals surface area contributed by atoms with E-state index in [4.69, 9.17) is 0 Å². The summed E-state index contributed by atoms with van der Waals surface area (Å²) in [6, 6.07) is 17.8. The SMILES string of the molecule is Cc1cc2c(NCCCc3ccc(-c4ccc(OC(F)(F)F)cc4)cc3)nc(-n3cccn3)nc2s1. The average molecular weight is 510 g/mol. The first-order chi connectivity index (χ1) is 17.3. The highest BCUT2D eigenvalue weighted by atomic mass is 32.1. The Bertz CT molecular complexity index is 1450. The zero-order valence-corrected chi connectivity index (χ0v) is 20.1. The van der Waals surface area contributed by atoms with Gasteiger partial charge in [0.1, 0.15) is 16.4 Å². The Labute approximate surface area is 209 Å². The molecule has 0 aliphatic carbocycles. The van der Waals surface area contributed by atoms with Crippen molar-refractivity contribution in [3.8, 4) is 22.8 Å². The molecule has 36 heavy (non-hydrogen) atoms. The first kappa shape index (κ1) is 23.8. The maximum atomic E-state index is 12.3. The maximum absolute atomic E-state index is 12.3. The molecule has 0 saturated heterocycles. The smallest absolute Gasteiger partial charge is 0.406 e. The first-order valence-electron chi connectivity index (χ1n) is 11.3. The number of rotatable bonds is 8. The first-order valence-corrected chi connectivity index (χ1v) is 12.1. The van der Waals surface area contributed by atoms with Crippen LogP contribution < -0.4 is 10.1 Å². The normalized spacial score (nSPS) is 11.7. The number of aromatic nitrogens is 4. The molecule has 0 amide bonds. The van der Waals surface area contributed by atoms with Crippen molar-refractivity contribution in [2.75, 3.05) is 11.9 Å². The molecule has 2 aromatic carbocycles. The number of nitrogens with one attached hydrogen (secondary N) is 1. The third-order valence-corrected chi connectivity index (χ3v) is 6.47. The molecular weight excluding hydrogens is 487 g/mol. The molecule has 5 rings (SSSR count). The molecule has 0 saturated carbocycles. The number of aryl methyl sites for hydroxylation is 2. The van der Waals surface area contributed by atoms with Gasteiger partial charge in [-0.25, -0.2) is 4.68 Å². The summed E-state index contributed by atoms with van der Waals surface area (Å²) in [6.45, 7) is 2.79. The van der Waals surface area contributed by atoms with Crippen LogP contribution in [0.1, 0.15) is 16.9 Å². The number of fused-ring (bicyclic) bond motifs is 1. The molecule has 0 spiro atoms. The summed E-state index contributed by atoms with van der Waals surface area (Å²) < 4.78 is 42.6. The summed E-state index contributed by atoms with van der Waals surface area (Å²) >= 11 is 1.63. The zero-order chi connectivity index (χ0) is 25.1. The number of thiophene rings is 1. The second-order valence-electron chi connectivity index (χ2n) is 8.20. The molecule has 0 atom stereocenters. The molecule has 6 nitrogen and oxygen atoms in total. The van der Waals surface area contributed by atoms with Gasteiger partial charge >= 0.3 is 6.36 Å². The minimum absolute atomic E-state index is 0.231. The number of nitrogens with zero attached hydrogens (tertiary/aromatic N) is 4. The Kier molecular flexibility index (Phi) is 6.60. The van der Waals surface area contributed by atoms with E-state index in [9.17, 15) is 13.2 Å². The third-order valence-electron chi connectivity index (χ3n) is 5.52. The lowest BCUT2D eigenvalue weighted by atomic mass is 10.0. The van der Waals surface area contributed by atoms with Crippen LogP contribution in [0.2, 0.25) is 0 Å². The molecule has 10 heteroatoms. The third kappa shape index (κ3) is 5.65. The van der Waals surface area contributed by atoms with Crippen LogP contribution in [0.3, 0.4) is 0 Å². The van der Waals surface area contributed by atoms with Crippen molar-refractivity contribution in [3.63, 3.8) is 0 Å². The van der Waals surface area contributed by atoms with Crippen molar-refractivity contribution in [1.29, 1.82) is 0 Å². The number of hydrogen-bond donors (Lipinski definition) is 1. The molecule has 3 heterocycles. The summed E-state index contributed by atoms with van der Waals surface area (Å²) in [6.07, 6.45) is 0.591. The molecule has 5 aromatic rings. The van der Waals surface area contributed by atoms with Crippen LogP contribution in [0.15, 0.2) is 73.1 Å². The number of benzene rings is 2. The Morgan fingerprint density at radius 3 is 2.39 bits per heavy atom. The van der Waals surface area contributed by atoms with Crippen molar-refractivity contribution in [2.45, 2.75) is 26.1 Å². The Morgan fingerprint density at radius 2 is 1.72 bits per heavy atom. The van der Waals surface area contributed by atoms with Gasteiger partial charge in [-0.2, -0.15) is 15.1 Å². The highest BCUT2D eigenvalue weighted by Crippen LogP contribution is 2.30. The van der Waals surface area contributed by atoms with Crippen molar-refractivity contribution in [1.82, 2.24) is 19.7 Å². The fourth-order valence-electron chi connectivity index (χ4n) is 3.87. The van der Waals surface area contributed by atoms with Crippen LogP contribution in [0.4, 0.5) is 19.0 Å². The van der Waals surface area contributed by atoms with E-state index < -0.39 is 6.36 Å². The highest BCUT2D eigenvalue weighted by Gasteiger charge is 2.30. The average Bonchev–Trinajstić information content (AvgIpc) is 3.51. The fraction of sp³-hybridized carbons (Fsp3) is 0.192. The lowest BCUT2D eigenvalue weighted by molar-refractivity contribution is -0.274. The minimum atomic E-state index is -4.69. The van der Waals surface area contributed by atoms with Gasteiger partial charge in [-0.1, -0.05) is 36.4 Å². The molecule has 184 valence electrons. The Balaban J connectivity index is 1.20. The predicted molar refractivity (Wildman–Crippen MR) is 135 cm³/mol. The molecule has 1 N–H and O–H groups in total. The summed E-state index contributed by atoms with van der Waals surface area (Å²) in [5, 5.41) is 8.70. The standard InChI is InChI=1S/C26H22F3N5OS/c1-17-16-22-23(32-25(33-24(22)36-17)34-15-3-14-31-34)30-13-2-4-18-5-7-19(8-6-18)20-9-11-21(12-10-20)35-26(27,28)29/h3,5-12,14-16H,2,4,13H2,1H3,(H,30,32,33). The number of ether oxygens (including phenoxy) is 1. The lowest BCUT2D eigenvalue weighted by Gasteiger charge is -2.10. The van der Waals surface area contributed by atoms with Crippen LogP contribution in [-0.2, 0) is 6.42 Å². The predicted octanol–water partition coefficient (Wildman–Crippen LogP) is 6.80. The Morgan fingerprint density at radius 1 is 1.00 bits per heavy atom. The van der Waals surface area contributed by atoms with E-state index in [1.165, 1.54) is 22.6 Å². The van der Waals surface area contributed by atoms with E-state index in [0.29, 0.717) is 5.95 Å². The van der Waals surface area contributed by atoms with Gasteiger partial charge in [0.25, 0.3) is 5.95 Å². The monoisotopic (exact) mass is 509 g/mol. The van der Waals surface area contributed by atoms with Crippen LogP contribution in [0.5, 0.6) is 5.75 Å². The molecule has 0 aliphatic heterocycles. The summed E-state index contributed by atoms with van der Waals surface area (Å²) in [7, 11) is 0. The number of alkyl halides is 3. The van der Waals surface area contributed by atoms with Gasteiger partial charge in [-0.05, 0) is 60.7 Å². The maximum Gasteiger partial charge on any atom is 0.573 e. The second-order valence-corrected chi connectivity index (χ2v) is 9.43. The van der Waals surface area contributed by atoms with Crippen molar-refractivity contribution in [3.05, 3.63) is 83.5 Å². The van der Waals surface area contributed by atoms with Crippen molar-refractivity contribution >= 4 is 27.4 Å². The van der Waals surface area contributed by atoms with E-state index in [2.05, 4.69) is 38.1 Å². The van der Waals surface area contributed by atoms with Gasteiger partial charge in [0.15, 0.2) is 0 Å². The lowest BCUT2D eigenvalue weighted by Crippen LogP contribution is -2.16. The number of halogens is 3. The van der Waals surface area contributed by atoms with E-state index in [-0.39, 0.29) is 5.75 Å². The number of hydrogen-bond acceptors (Lipinski definition) is 6. The summed E-state index contributed by atoms with van der Waals surface area (Å²) in [5.41, 5.74) is 2.93. The van der Waals surface area contributed by atoms with Gasteiger partial charge in [0.05, 0.1) is 5.39 Å². The molecule has 0 unspecified atom stereocenters. The largest absolute Gasteiger partial charge is 0.573 e. The quantitative estimate of drug-likeness (QED) is 0.233. The zero-order valence-electron chi connectivity index (χ0n) is 19.3. The van der Waals surface area contributed by atoms with E-state index >= 15 is 0 Å². The van der Waals surface area contributed by atoms with E-state index in [1.54, 1.807) is 34.3 Å². The van der Waals surface area contributed by atoms with Crippen molar-refractivity contribution < 1.29 is 17.9 Å². The van der Waals surface area contributed by atoms with Crippen LogP contribution >= 0.6 is 11.3 Å². The van der Waals surface area contributed by atoms with Crippen LogP contribution in [0.25, 0.3) is 27.3 Å². The molecule has 0 aliphatic rings. The van der Waals surface area contributed by atoms with Crippen LogP contribution in [-0.4, -0.2) is 32.7 Å². The van der Waals surface area contributed by atoms with Gasteiger partial charge in [0, 0.05) is 23.8 Å². The molecular formula is C26H22F3N5OS. The molecule has 3 aromatic heterocycles. The summed E-state index contributed by atoms with van der Waals surface area (Å²) in [4.78, 5) is 11.4. The van der Waals surface area contributed by atoms with Gasteiger partial charge < -0.3 is 10.1 Å². The van der Waals surface area contributed by atoms with Crippen molar-refractivity contribution in [2.24, 2.45) is 0 Å². The molecule has 0 bridgehead atoms.